The zero-order valence-corrected chi connectivity index (χ0v) is 14.9. The first-order chi connectivity index (χ1) is 12.2. The van der Waals surface area contributed by atoms with Crippen LogP contribution in [0.15, 0.2) is 46.9 Å². The first-order valence-corrected chi connectivity index (χ1v) is 8.62. The van der Waals surface area contributed by atoms with Gasteiger partial charge in [0, 0.05) is 21.6 Å². The molecule has 136 valence electrons. The van der Waals surface area contributed by atoms with Gasteiger partial charge in [0.15, 0.2) is 0 Å². The molecule has 1 aliphatic carbocycles. The van der Waals surface area contributed by atoms with E-state index in [-0.39, 0.29) is 28.8 Å². The monoisotopic (exact) mass is 426 g/mol. The van der Waals surface area contributed by atoms with Crippen LogP contribution in [-0.2, 0) is 11.0 Å². The van der Waals surface area contributed by atoms with E-state index in [0.717, 1.165) is 25.0 Å². The highest BCUT2D eigenvalue weighted by Gasteiger charge is 2.35. The van der Waals surface area contributed by atoms with E-state index in [1.165, 1.54) is 18.2 Å². The van der Waals surface area contributed by atoms with E-state index in [1.54, 1.807) is 12.1 Å². The maximum absolute atomic E-state index is 13.4. The fourth-order valence-electron chi connectivity index (χ4n) is 2.38. The molecular formula is C18H14BrF3N2O2. The lowest BCUT2D eigenvalue weighted by Crippen LogP contribution is -2.18. The highest BCUT2D eigenvalue weighted by atomic mass is 79.9. The summed E-state index contributed by atoms with van der Waals surface area (Å²) in [5.74, 6) is -1.07. The molecule has 0 atom stereocenters. The van der Waals surface area contributed by atoms with Gasteiger partial charge in [-0.25, -0.2) is 0 Å². The van der Waals surface area contributed by atoms with Crippen LogP contribution >= 0.6 is 15.9 Å². The van der Waals surface area contributed by atoms with Crippen LogP contribution in [0, 0.1) is 5.92 Å². The van der Waals surface area contributed by atoms with Gasteiger partial charge in [0.2, 0.25) is 5.91 Å². The molecule has 0 bridgehead atoms. The van der Waals surface area contributed by atoms with E-state index in [9.17, 15) is 22.8 Å². The van der Waals surface area contributed by atoms with Crippen molar-refractivity contribution in [3.8, 4) is 0 Å². The van der Waals surface area contributed by atoms with Crippen LogP contribution in [0.2, 0.25) is 0 Å². The SMILES string of the molecule is O=C(Nc1ccc(NC(=O)C2CC2)cc1C(F)(F)F)c1cccc(Br)c1. The molecule has 1 aliphatic rings. The maximum Gasteiger partial charge on any atom is 0.418 e. The molecule has 0 heterocycles. The van der Waals surface area contributed by atoms with Crippen molar-refractivity contribution in [2.75, 3.05) is 10.6 Å². The molecule has 0 aliphatic heterocycles. The second-order valence-corrected chi connectivity index (χ2v) is 6.90. The molecule has 2 aromatic rings. The van der Waals surface area contributed by atoms with Crippen molar-refractivity contribution in [3.05, 3.63) is 58.1 Å². The Labute approximate surface area is 155 Å². The zero-order chi connectivity index (χ0) is 18.9. The van der Waals surface area contributed by atoms with Crippen molar-refractivity contribution in [2.24, 2.45) is 5.92 Å². The van der Waals surface area contributed by atoms with Gasteiger partial charge in [0.25, 0.3) is 5.91 Å². The summed E-state index contributed by atoms with van der Waals surface area (Å²) in [5.41, 5.74) is -1.12. The van der Waals surface area contributed by atoms with Crippen LogP contribution < -0.4 is 10.6 Å². The molecule has 0 saturated heterocycles. The summed E-state index contributed by atoms with van der Waals surface area (Å²) in [6.07, 6.45) is -3.18. The van der Waals surface area contributed by atoms with E-state index in [4.69, 9.17) is 0 Å². The molecule has 26 heavy (non-hydrogen) atoms. The Morgan fingerprint density at radius 2 is 1.77 bits per heavy atom. The Morgan fingerprint density at radius 3 is 2.38 bits per heavy atom. The van der Waals surface area contributed by atoms with Crippen LogP contribution in [0.5, 0.6) is 0 Å². The average molecular weight is 427 g/mol. The van der Waals surface area contributed by atoms with Crippen LogP contribution in [0.3, 0.4) is 0 Å². The molecule has 4 nitrogen and oxygen atoms in total. The van der Waals surface area contributed by atoms with Crippen molar-refractivity contribution in [3.63, 3.8) is 0 Å². The number of rotatable bonds is 4. The zero-order valence-electron chi connectivity index (χ0n) is 13.4. The molecule has 1 fully saturated rings. The summed E-state index contributed by atoms with van der Waals surface area (Å²) >= 11 is 3.21. The molecule has 0 radical (unpaired) electrons. The first-order valence-electron chi connectivity index (χ1n) is 7.83. The number of anilines is 2. The minimum absolute atomic E-state index is 0.0506. The van der Waals surface area contributed by atoms with Gasteiger partial charge < -0.3 is 10.6 Å². The first kappa shape index (κ1) is 18.4. The van der Waals surface area contributed by atoms with E-state index in [1.807, 2.05) is 0 Å². The molecule has 2 amide bonds. The number of alkyl halides is 3. The minimum atomic E-state index is -4.68. The van der Waals surface area contributed by atoms with Crippen LogP contribution in [-0.4, -0.2) is 11.8 Å². The molecule has 1 saturated carbocycles. The van der Waals surface area contributed by atoms with Gasteiger partial charge in [-0.15, -0.1) is 0 Å². The third kappa shape index (κ3) is 4.43. The lowest BCUT2D eigenvalue weighted by Gasteiger charge is -2.16. The number of carbonyl (C=O) groups excluding carboxylic acids is 2. The number of benzene rings is 2. The Bertz CT molecular complexity index is 864. The van der Waals surface area contributed by atoms with Crippen molar-refractivity contribution in [1.29, 1.82) is 0 Å². The van der Waals surface area contributed by atoms with Gasteiger partial charge in [-0.3, -0.25) is 9.59 Å². The Kier molecular flexibility index (Phi) is 5.04. The van der Waals surface area contributed by atoms with E-state index >= 15 is 0 Å². The van der Waals surface area contributed by atoms with Crippen LogP contribution in [0.1, 0.15) is 28.8 Å². The highest BCUT2D eigenvalue weighted by Crippen LogP contribution is 2.37. The number of hydrogen-bond acceptors (Lipinski definition) is 2. The lowest BCUT2D eigenvalue weighted by molar-refractivity contribution is -0.137. The fraction of sp³-hybridized carbons (Fsp3) is 0.222. The van der Waals surface area contributed by atoms with Gasteiger partial charge in [-0.05, 0) is 49.2 Å². The number of hydrogen-bond donors (Lipinski definition) is 2. The van der Waals surface area contributed by atoms with E-state index in [2.05, 4.69) is 26.6 Å². The lowest BCUT2D eigenvalue weighted by atomic mass is 10.1. The predicted octanol–water partition coefficient (Wildman–Crippen LogP) is 5.07. The van der Waals surface area contributed by atoms with Crippen molar-refractivity contribution < 1.29 is 22.8 Å². The Balaban J connectivity index is 1.85. The number of halogens is 4. The Morgan fingerprint density at radius 1 is 1.04 bits per heavy atom. The second kappa shape index (κ2) is 7.11. The summed E-state index contributed by atoms with van der Waals surface area (Å²) < 4.78 is 40.8. The van der Waals surface area contributed by atoms with Gasteiger partial charge in [-0.2, -0.15) is 13.2 Å². The average Bonchev–Trinajstić information content (AvgIpc) is 3.40. The number of carbonyl (C=O) groups is 2. The smallest absolute Gasteiger partial charge is 0.326 e. The van der Waals surface area contributed by atoms with E-state index in [0.29, 0.717) is 4.47 Å². The molecule has 8 heteroatoms. The van der Waals surface area contributed by atoms with Gasteiger partial charge in [0.1, 0.15) is 0 Å². The normalized spacial score (nSPS) is 14.0. The second-order valence-electron chi connectivity index (χ2n) is 5.99. The topological polar surface area (TPSA) is 58.2 Å². The van der Waals surface area contributed by atoms with Gasteiger partial charge in [-0.1, -0.05) is 22.0 Å². The third-order valence-electron chi connectivity index (χ3n) is 3.88. The van der Waals surface area contributed by atoms with Gasteiger partial charge in [0.05, 0.1) is 11.3 Å². The largest absolute Gasteiger partial charge is 0.418 e. The van der Waals surface area contributed by atoms with Crippen LogP contribution in [0.25, 0.3) is 0 Å². The third-order valence-corrected chi connectivity index (χ3v) is 4.37. The minimum Gasteiger partial charge on any atom is -0.326 e. The summed E-state index contributed by atoms with van der Waals surface area (Å²) in [7, 11) is 0. The fourth-order valence-corrected chi connectivity index (χ4v) is 2.78. The number of amides is 2. The maximum atomic E-state index is 13.4. The quantitative estimate of drug-likeness (QED) is 0.716. The summed E-state index contributed by atoms with van der Waals surface area (Å²) in [6.45, 7) is 0. The highest BCUT2D eigenvalue weighted by molar-refractivity contribution is 9.10. The summed E-state index contributed by atoms with van der Waals surface area (Å²) in [6, 6.07) is 9.63. The van der Waals surface area contributed by atoms with E-state index < -0.39 is 17.6 Å². The summed E-state index contributed by atoms with van der Waals surface area (Å²) in [4.78, 5) is 24.0. The Hall–Kier alpha value is -2.35. The number of nitrogens with one attached hydrogen (secondary N) is 2. The predicted molar refractivity (Wildman–Crippen MR) is 94.9 cm³/mol. The molecule has 0 unspecified atom stereocenters. The summed E-state index contributed by atoms with van der Waals surface area (Å²) in [5, 5.41) is 4.76. The molecule has 0 aromatic heterocycles. The van der Waals surface area contributed by atoms with Crippen molar-refractivity contribution in [2.45, 2.75) is 19.0 Å². The van der Waals surface area contributed by atoms with Crippen molar-refractivity contribution in [1.82, 2.24) is 0 Å². The van der Waals surface area contributed by atoms with Gasteiger partial charge >= 0.3 is 6.18 Å². The molecule has 0 spiro atoms. The molecular weight excluding hydrogens is 413 g/mol. The molecule has 3 rings (SSSR count). The molecule has 2 N–H and O–H groups in total. The standard InChI is InChI=1S/C18H14BrF3N2O2/c19-12-3-1-2-11(8-12)17(26)24-15-7-6-13(9-14(15)18(20,21)22)23-16(25)10-4-5-10/h1-3,6-10H,4-5H2,(H,23,25)(H,24,26). The molecule has 2 aromatic carbocycles. The van der Waals surface area contributed by atoms with Crippen molar-refractivity contribution >= 4 is 39.1 Å². The van der Waals surface area contributed by atoms with Crippen LogP contribution in [0.4, 0.5) is 24.5 Å².